The van der Waals surface area contributed by atoms with Crippen LogP contribution in [0.3, 0.4) is 0 Å². The minimum absolute atomic E-state index is 0.442. The Kier molecular flexibility index (Phi) is 4.18. The second-order valence-electron chi connectivity index (χ2n) is 3.80. The molecule has 0 spiro atoms. The Bertz CT molecular complexity index is 603. The van der Waals surface area contributed by atoms with Gasteiger partial charge in [0.15, 0.2) is 0 Å². The van der Waals surface area contributed by atoms with Crippen molar-refractivity contribution in [1.29, 1.82) is 0 Å². The second-order valence-corrected chi connectivity index (χ2v) is 3.80. The van der Waals surface area contributed by atoms with Crippen LogP contribution in [0.4, 0.5) is 0 Å². The molecule has 0 saturated heterocycles. The fraction of sp³-hybridized carbons (Fsp3) is 0. The van der Waals surface area contributed by atoms with E-state index in [-0.39, 0.29) is 0 Å². The lowest BCUT2D eigenvalue weighted by atomic mass is 10.2. The third-order valence-corrected chi connectivity index (χ3v) is 2.46. The van der Waals surface area contributed by atoms with Crippen LogP contribution in [0.2, 0.25) is 0 Å². The van der Waals surface area contributed by atoms with E-state index in [1.807, 2.05) is 30.5 Å². The van der Waals surface area contributed by atoms with E-state index < -0.39 is 5.91 Å². The summed E-state index contributed by atoms with van der Waals surface area (Å²) in [6, 6.07) is 15.4. The van der Waals surface area contributed by atoms with Gasteiger partial charge in [-0.2, -0.15) is 0 Å². The standard InChI is InChI=1S/C9H7N.C6H6N2O/c1-2-6-9-8(4-1)5-3-7-10-9;7-6(9)5-2-1-3-8-4-5/h1-7H;1-4H,(H2,7,9). The second kappa shape index (κ2) is 6.26. The zero-order valence-electron chi connectivity index (χ0n) is 10.2. The van der Waals surface area contributed by atoms with Gasteiger partial charge < -0.3 is 5.73 Å². The molecule has 1 amide bonds. The zero-order valence-corrected chi connectivity index (χ0v) is 10.2. The molecule has 1 aromatic carbocycles. The summed E-state index contributed by atoms with van der Waals surface area (Å²) in [7, 11) is 0. The van der Waals surface area contributed by atoms with Gasteiger partial charge in [-0.3, -0.25) is 14.8 Å². The quantitative estimate of drug-likeness (QED) is 0.722. The lowest BCUT2D eigenvalue weighted by Gasteiger charge is -1.91. The van der Waals surface area contributed by atoms with E-state index in [4.69, 9.17) is 5.73 Å². The van der Waals surface area contributed by atoms with Crippen LogP contribution in [0.25, 0.3) is 10.9 Å². The summed E-state index contributed by atoms with van der Waals surface area (Å²) in [6.45, 7) is 0. The number of carbonyl (C=O) groups excluding carboxylic acids is 1. The number of aromatic nitrogens is 2. The normalized spacial score (nSPS) is 9.47. The van der Waals surface area contributed by atoms with Crippen molar-refractivity contribution in [2.75, 3.05) is 0 Å². The highest BCUT2D eigenvalue weighted by Gasteiger charge is 1.94. The van der Waals surface area contributed by atoms with Crippen LogP contribution >= 0.6 is 0 Å². The average Bonchev–Trinajstić information content (AvgIpc) is 2.49. The van der Waals surface area contributed by atoms with Crippen molar-refractivity contribution < 1.29 is 4.79 Å². The highest BCUT2D eigenvalue weighted by Crippen LogP contribution is 2.07. The Labute approximate surface area is 110 Å². The molecular weight excluding hydrogens is 238 g/mol. The van der Waals surface area contributed by atoms with Crippen LogP contribution in [0.1, 0.15) is 10.4 Å². The summed E-state index contributed by atoms with van der Waals surface area (Å²) < 4.78 is 0. The molecule has 0 bridgehead atoms. The van der Waals surface area contributed by atoms with Crippen LogP contribution in [-0.2, 0) is 0 Å². The first-order valence-electron chi connectivity index (χ1n) is 5.77. The number of carbonyl (C=O) groups is 1. The summed E-state index contributed by atoms with van der Waals surface area (Å²) in [5, 5.41) is 1.20. The van der Waals surface area contributed by atoms with Crippen LogP contribution in [0, 0.1) is 0 Å². The van der Waals surface area contributed by atoms with Crippen molar-refractivity contribution in [3.63, 3.8) is 0 Å². The Balaban J connectivity index is 0.000000141. The van der Waals surface area contributed by atoms with Gasteiger partial charge in [-0.25, -0.2) is 0 Å². The zero-order chi connectivity index (χ0) is 13.5. The lowest BCUT2D eigenvalue weighted by molar-refractivity contribution is 0.1000. The highest BCUT2D eigenvalue weighted by molar-refractivity contribution is 5.92. The van der Waals surface area contributed by atoms with Crippen LogP contribution in [0.5, 0.6) is 0 Å². The number of fused-ring (bicyclic) bond motifs is 1. The molecule has 0 radical (unpaired) electrons. The van der Waals surface area contributed by atoms with Gasteiger partial charge in [0.2, 0.25) is 5.91 Å². The molecule has 0 atom stereocenters. The maximum atomic E-state index is 10.4. The lowest BCUT2D eigenvalue weighted by Crippen LogP contribution is -2.10. The highest BCUT2D eigenvalue weighted by atomic mass is 16.1. The van der Waals surface area contributed by atoms with Gasteiger partial charge >= 0.3 is 0 Å². The van der Waals surface area contributed by atoms with Gasteiger partial charge in [0, 0.05) is 24.0 Å². The maximum absolute atomic E-state index is 10.4. The van der Waals surface area contributed by atoms with Crippen molar-refractivity contribution in [2.45, 2.75) is 0 Å². The van der Waals surface area contributed by atoms with Crippen molar-refractivity contribution in [3.05, 3.63) is 72.7 Å². The first kappa shape index (κ1) is 12.7. The van der Waals surface area contributed by atoms with Gasteiger partial charge in [0.1, 0.15) is 0 Å². The van der Waals surface area contributed by atoms with Crippen LogP contribution in [-0.4, -0.2) is 15.9 Å². The van der Waals surface area contributed by atoms with E-state index in [1.54, 1.807) is 18.3 Å². The minimum Gasteiger partial charge on any atom is -0.366 e. The largest absolute Gasteiger partial charge is 0.366 e. The number of primary amides is 1. The molecule has 0 unspecified atom stereocenters. The molecule has 3 aromatic rings. The topological polar surface area (TPSA) is 68.9 Å². The Morgan fingerprint density at radius 2 is 1.68 bits per heavy atom. The Hall–Kier alpha value is -2.75. The molecule has 2 aromatic heterocycles. The molecule has 94 valence electrons. The number of nitrogens with two attached hydrogens (primary N) is 1. The van der Waals surface area contributed by atoms with Gasteiger partial charge in [0.05, 0.1) is 11.1 Å². The predicted molar refractivity (Wildman–Crippen MR) is 74.5 cm³/mol. The third-order valence-electron chi connectivity index (χ3n) is 2.46. The first-order chi connectivity index (χ1) is 9.27. The number of hydrogen-bond donors (Lipinski definition) is 1. The summed E-state index contributed by atoms with van der Waals surface area (Å²) >= 11 is 0. The third kappa shape index (κ3) is 3.61. The molecule has 4 nitrogen and oxygen atoms in total. The fourth-order valence-electron chi connectivity index (χ4n) is 1.52. The first-order valence-corrected chi connectivity index (χ1v) is 5.77. The number of nitrogens with zero attached hydrogens (tertiary/aromatic N) is 2. The van der Waals surface area contributed by atoms with Crippen molar-refractivity contribution in [2.24, 2.45) is 5.73 Å². The molecule has 0 aliphatic heterocycles. The number of rotatable bonds is 1. The van der Waals surface area contributed by atoms with Gasteiger partial charge in [-0.15, -0.1) is 0 Å². The molecule has 3 rings (SSSR count). The van der Waals surface area contributed by atoms with Gasteiger partial charge in [-0.05, 0) is 24.3 Å². The van der Waals surface area contributed by atoms with Crippen LogP contribution in [0.15, 0.2) is 67.1 Å². The Morgan fingerprint density at radius 3 is 2.32 bits per heavy atom. The molecule has 4 heteroatoms. The predicted octanol–water partition coefficient (Wildman–Crippen LogP) is 2.42. The monoisotopic (exact) mass is 251 g/mol. The summed E-state index contributed by atoms with van der Waals surface area (Å²) in [6.07, 6.45) is 4.83. The summed E-state index contributed by atoms with van der Waals surface area (Å²) in [5.74, 6) is -0.442. The molecule has 2 heterocycles. The van der Waals surface area contributed by atoms with E-state index in [0.29, 0.717) is 5.56 Å². The minimum atomic E-state index is -0.442. The van der Waals surface area contributed by atoms with E-state index in [0.717, 1.165) is 5.52 Å². The fourth-order valence-corrected chi connectivity index (χ4v) is 1.52. The molecule has 0 saturated carbocycles. The van der Waals surface area contributed by atoms with Crippen molar-refractivity contribution in [1.82, 2.24) is 9.97 Å². The number of pyridine rings is 2. The molecule has 19 heavy (non-hydrogen) atoms. The number of benzene rings is 1. The maximum Gasteiger partial charge on any atom is 0.250 e. The molecule has 0 aliphatic rings. The summed E-state index contributed by atoms with van der Waals surface area (Å²) in [4.78, 5) is 18.3. The number of para-hydroxylation sites is 1. The van der Waals surface area contributed by atoms with E-state index >= 15 is 0 Å². The molecule has 0 aliphatic carbocycles. The van der Waals surface area contributed by atoms with E-state index in [9.17, 15) is 4.79 Å². The van der Waals surface area contributed by atoms with Crippen molar-refractivity contribution in [3.8, 4) is 0 Å². The number of hydrogen-bond acceptors (Lipinski definition) is 3. The molecular formula is C15H13N3O. The smallest absolute Gasteiger partial charge is 0.250 e. The van der Waals surface area contributed by atoms with Gasteiger partial charge in [-0.1, -0.05) is 24.3 Å². The molecule has 2 N–H and O–H groups in total. The summed E-state index contributed by atoms with van der Waals surface area (Å²) in [5.41, 5.74) is 6.44. The van der Waals surface area contributed by atoms with Crippen LogP contribution < -0.4 is 5.73 Å². The SMILES string of the molecule is NC(=O)c1cccnc1.c1ccc2ncccc2c1. The van der Waals surface area contributed by atoms with E-state index in [1.165, 1.54) is 11.6 Å². The van der Waals surface area contributed by atoms with Crippen molar-refractivity contribution >= 4 is 16.8 Å². The Morgan fingerprint density at radius 1 is 0.947 bits per heavy atom. The molecule has 0 fully saturated rings. The average molecular weight is 251 g/mol. The number of amides is 1. The van der Waals surface area contributed by atoms with Gasteiger partial charge in [0.25, 0.3) is 0 Å². The van der Waals surface area contributed by atoms with E-state index in [2.05, 4.69) is 22.1 Å².